The second-order valence-corrected chi connectivity index (χ2v) is 3.43. The van der Waals surface area contributed by atoms with Crippen molar-refractivity contribution in [1.29, 1.82) is 0 Å². The maximum absolute atomic E-state index is 13.1. The minimum absolute atomic E-state index is 0.194. The third kappa shape index (κ3) is 1.96. The lowest BCUT2D eigenvalue weighted by molar-refractivity contribution is 0.619. The van der Waals surface area contributed by atoms with Crippen LogP contribution < -0.4 is 5.73 Å². The molecule has 76 valence electrons. The van der Waals surface area contributed by atoms with E-state index < -0.39 is 0 Å². The summed E-state index contributed by atoms with van der Waals surface area (Å²) in [5, 5.41) is 0. The van der Waals surface area contributed by atoms with Crippen LogP contribution in [0.25, 0.3) is 11.1 Å². The van der Waals surface area contributed by atoms with E-state index in [9.17, 15) is 4.39 Å². The molecular formula is C12H11FN2. The summed E-state index contributed by atoms with van der Waals surface area (Å²) in [4.78, 5) is 3.91. The molecule has 0 fully saturated rings. The summed E-state index contributed by atoms with van der Waals surface area (Å²) < 4.78 is 13.1. The summed E-state index contributed by atoms with van der Waals surface area (Å²) in [5.74, 6) is 0.273. The molecule has 0 aliphatic heterocycles. The molecule has 0 atom stereocenters. The molecule has 0 radical (unpaired) electrons. The number of nitrogen functional groups attached to an aromatic ring is 1. The molecule has 1 aromatic heterocycles. The molecule has 3 heteroatoms. The molecule has 2 nitrogen and oxygen atoms in total. The predicted molar refractivity (Wildman–Crippen MR) is 58.8 cm³/mol. The molecule has 0 saturated heterocycles. The molecule has 2 N–H and O–H groups in total. The number of hydrogen-bond acceptors (Lipinski definition) is 2. The van der Waals surface area contributed by atoms with E-state index in [2.05, 4.69) is 4.98 Å². The Kier molecular flexibility index (Phi) is 2.37. The van der Waals surface area contributed by atoms with Gasteiger partial charge in [-0.3, -0.25) is 0 Å². The standard InChI is InChI=1S/C12H11FN2/c1-8-6-9(2-3-11(8)13)10-4-5-15-12(14)7-10/h2-7H,1H3,(H2,14,15). The Hall–Kier alpha value is -1.90. The van der Waals surface area contributed by atoms with Crippen molar-refractivity contribution in [3.05, 3.63) is 47.9 Å². The second kappa shape index (κ2) is 3.69. The van der Waals surface area contributed by atoms with Crippen LogP contribution in [0.15, 0.2) is 36.5 Å². The molecule has 2 rings (SSSR count). The van der Waals surface area contributed by atoms with Crippen molar-refractivity contribution in [2.45, 2.75) is 6.92 Å². The molecule has 0 aliphatic rings. The van der Waals surface area contributed by atoms with E-state index in [1.54, 1.807) is 31.3 Å². The third-order valence-corrected chi connectivity index (χ3v) is 2.27. The molecule has 15 heavy (non-hydrogen) atoms. The van der Waals surface area contributed by atoms with E-state index in [0.717, 1.165) is 11.1 Å². The van der Waals surface area contributed by atoms with Crippen LogP contribution in [0.4, 0.5) is 10.2 Å². The summed E-state index contributed by atoms with van der Waals surface area (Å²) in [6.07, 6.45) is 1.64. The van der Waals surface area contributed by atoms with Crippen molar-refractivity contribution in [1.82, 2.24) is 4.98 Å². The van der Waals surface area contributed by atoms with E-state index in [-0.39, 0.29) is 5.82 Å². The van der Waals surface area contributed by atoms with Crippen LogP contribution >= 0.6 is 0 Å². The van der Waals surface area contributed by atoms with Gasteiger partial charge in [0.15, 0.2) is 0 Å². The van der Waals surface area contributed by atoms with Crippen molar-refractivity contribution in [2.75, 3.05) is 5.73 Å². The van der Waals surface area contributed by atoms with Gasteiger partial charge < -0.3 is 5.73 Å². The fourth-order valence-corrected chi connectivity index (χ4v) is 1.45. The van der Waals surface area contributed by atoms with Gasteiger partial charge in [-0.25, -0.2) is 9.37 Å². The topological polar surface area (TPSA) is 38.9 Å². The SMILES string of the molecule is Cc1cc(-c2ccnc(N)c2)ccc1F. The number of anilines is 1. The fourth-order valence-electron chi connectivity index (χ4n) is 1.45. The molecule has 0 saturated carbocycles. The van der Waals surface area contributed by atoms with E-state index in [0.29, 0.717) is 11.4 Å². The second-order valence-electron chi connectivity index (χ2n) is 3.43. The van der Waals surface area contributed by atoms with E-state index in [1.165, 1.54) is 6.07 Å². The highest BCUT2D eigenvalue weighted by Gasteiger charge is 2.01. The summed E-state index contributed by atoms with van der Waals surface area (Å²) in [5.41, 5.74) is 8.10. The quantitative estimate of drug-likeness (QED) is 0.772. The molecule has 1 heterocycles. The number of hydrogen-bond donors (Lipinski definition) is 1. The Morgan fingerprint density at radius 3 is 2.53 bits per heavy atom. The number of halogens is 1. The van der Waals surface area contributed by atoms with E-state index in [1.807, 2.05) is 6.07 Å². The van der Waals surface area contributed by atoms with E-state index in [4.69, 9.17) is 5.73 Å². The van der Waals surface area contributed by atoms with Gasteiger partial charge in [0, 0.05) is 6.20 Å². The Bertz CT molecular complexity index is 495. The van der Waals surface area contributed by atoms with Crippen molar-refractivity contribution in [2.24, 2.45) is 0 Å². The largest absolute Gasteiger partial charge is 0.384 e. The van der Waals surface area contributed by atoms with Gasteiger partial charge in [0.05, 0.1) is 0 Å². The highest BCUT2D eigenvalue weighted by molar-refractivity contribution is 5.66. The highest BCUT2D eigenvalue weighted by atomic mass is 19.1. The van der Waals surface area contributed by atoms with E-state index >= 15 is 0 Å². The monoisotopic (exact) mass is 202 g/mol. The van der Waals surface area contributed by atoms with Gasteiger partial charge in [-0.2, -0.15) is 0 Å². The number of benzene rings is 1. The Balaban J connectivity index is 2.50. The molecule has 0 amide bonds. The van der Waals surface area contributed by atoms with Crippen LogP contribution in [-0.4, -0.2) is 4.98 Å². The summed E-state index contributed by atoms with van der Waals surface area (Å²) >= 11 is 0. The lowest BCUT2D eigenvalue weighted by atomic mass is 10.0. The average molecular weight is 202 g/mol. The smallest absolute Gasteiger partial charge is 0.126 e. The van der Waals surface area contributed by atoms with Gasteiger partial charge >= 0.3 is 0 Å². The van der Waals surface area contributed by atoms with Gasteiger partial charge in [-0.05, 0) is 47.9 Å². The lowest BCUT2D eigenvalue weighted by Crippen LogP contribution is -1.90. The number of nitrogens with zero attached hydrogens (tertiary/aromatic N) is 1. The first-order valence-electron chi connectivity index (χ1n) is 4.65. The van der Waals surface area contributed by atoms with Gasteiger partial charge in [0.1, 0.15) is 11.6 Å². The number of rotatable bonds is 1. The number of nitrogens with two attached hydrogens (primary N) is 1. The number of aromatic nitrogens is 1. The first-order valence-corrected chi connectivity index (χ1v) is 4.65. The van der Waals surface area contributed by atoms with Crippen LogP contribution in [0.2, 0.25) is 0 Å². The normalized spacial score (nSPS) is 10.3. The van der Waals surface area contributed by atoms with Crippen molar-refractivity contribution < 1.29 is 4.39 Å². The van der Waals surface area contributed by atoms with Crippen molar-refractivity contribution in [3.63, 3.8) is 0 Å². The lowest BCUT2D eigenvalue weighted by Gasteiger charge is -2.04. The zero-order valence-corrected chi connectivity index (χ0v) is 8.37. The minimum Gasteiger partial charge on any atom is -0.384 e. The zero-order chi connectivity index (χ0) is 10.8. The predicted octanol–water partition coefficient (Wildman–Crippen LogP) is 2.78. The van der Waals surface area contributed by atoms with Crippen LogP contribution in [-0.2, 0) is 0 Å². The molecule has 0 aliphatic carbocycles. The number of pyridine rings is 1. The number of aryl methyl sites for hydroxylation is 1. The van der Waals surface area contributed by atoms with Gasteiger partial charge in [0.25, 0.3) is 0 Å². The first kappa shape index (κ1) is 9.65. The summed E-state index contributed by atoms with van der Waals surface area (Å²) in [6, 6.07) is 8.61. The van der Waals surface area contributed by atoms with Gasteiger partial charge in [0.2, 0.25) is 0 Å². The molecule has 0 unspecified atom stereocenters. The van der Waals surface area contributed by atoms with Crippen LogP contribution in [0.1, 0.15) is 5.56 Å². The molecule has 0 spiro atoms. The van der Waals surface area contributed by atoms with Crippen molar-refractivity contribution in [3.8, 4) is 11.1 Å². The molecule has 2 aromatic rings. The zero-order valence-electron chi connectivity index (χ0n) is 8.37. The minimum atomic E-state index is -0.194. The summed E-state index contributed by atoms with van der Waals surface area (Å²) in [7, 11) is 0. The van der Waals surface area contributed by atoms with Gasteiger partial charge in [-0.1, -0.05) is 6.07 Å². The van der Waals surface area contributed by atoms with Crippen LogP contribution in [0.5, 0.6) is 0 Å². The Morgan fingerprint density at radius 1 is 1.13 bits per heavy atom. The summed E-state index contributed by atoms with van der Waals surface area (Å²) in [6.45, 7) is 1.74. The Morgan fingerprint density at radius 2 is 1.87 bits per heavy atom. The van der Waals surface area contributed by atoms with Crippen molar-refractivity contribution >= 4 is 5.82 Å². The highest BCUT2D eigenvalue weighted by Crippen LogP contribution is 2.22. The maximum Gasteiger partial charge on any atom is 0.126 e. The van der Waals surface area contributed by atoms with Gasteiger partial charge in [-0.15, -0.1) is 0 Å². The van der Waals surface area contributed by atoms with Crippen LogP contribution in [0, 0.1) is 12.7 Å². The third-order valence-electron chi connectivity index (χ3n) is 2.27. The molecule has 1 aromatic carbocycles. The average Bonchev–Trinajstić information content (AvgIpc) is 2.22. The first-order chi connectivity index (χ1) is 7.16. The Labute approximate surface area is 87.6 Å². The fraction of sp³-hybridized carbons (Fsp3) is 0.0833. The molecular weight excluding hydrogens is 191 g/mol. The maximum atomic E-state index is 13.1. The van der Waals surface area contributed by atoms with Crippen LogP contribution in [0.3, 0.4) is 0 Å². The molecule has 0 bridgehead atoms.